The molecule has 0 spiro atoms. The lowest BCUT2D eigenvalue weighted by Crippen LogP contribution is -2.18. The Morgan fingerprint density at radius 2 is 1.73 bits per heavy atom. The number of esters is 1. The Balaban J connectivity index is 2.12. The number of carbonyl (C=O) groups excluding carboxylic acids is 2. The second-order valence-electron chi connectivity index (χ2n) is 4.26. The minimum absolute atomic E-state index is 0.322. The summed E-state index contributed by atoms with van der Waals surface area (Å²) in [6, 6.07) is 13.4. The van der Waals surface area contributed by atoms with Crippen molar-refractivity contribution in [2.75, 3.05) is 7.11 Å². The molecule has 2 aromatic carbocycles. The van der Waals surface area contributed by atoms with Gasteiger partial charge in [-0.1, -0.05) is 41.9 Å². The van der Waals surface area contributed by atoms with E-state index in [1.165, 1.54) is 13.3 Å². The fourth-order valence-corrected chi connectivity index (χ4v) is 1.99. The molecule has 0 saturated heterocycles. The second kappa shape index (κ2) is 7.38. The molecule has 0 aromatic heterocycles. The van der Waals surface area contributed by atoms with E-state index >= 15 is 0 Å². The summed E-state index contributed by atoms with van der Waals surface area (Å²) in [6.45, 7) is 0. The lowest BCUT2D eigenvalue weighted by atomic mass is 10.1. The van der Waals surface area contributed by atoms with Crippen LogP contribution in [0.25, 0.3) is 0 Å². The van der Waals surface area contributed by atoms with E-state index in [1.54, 1.807) is 48.5 Å². The molecule has 0 aliphatic rings. The van der Waals surface area contributed by atoms with Gasteiger partial charge in [-0.05, 0) is 18.2 Å². The first-order valence-corrected chi connectivity index (χ1v) is 6.76. The fourth-order valence-electron chi connectivity index (χ4n) is 1.77. The van der Waals surface area contributed by atoms with Gasteiger partial charge in [0.1, 0.15) is 0 Å². The van der Waals surface area contributed by atoms with Gasteiger partial charge in [0, 0.05) is 5.56 Å². The highest BCUT2D eigenvalue weighted by Crippen LogP contribution is 2.14. The largest absolute Gasteiger partial charge is 0.465 e. The molecule has 5 nitrogen and oxygen atoms in total. The maximum absolute atomic E-state index is 11.9. The van der Waals surface area contributed by atoms with Gasteiger partial charge in [-0.25, -0.2) is 10.2 Å². The van der Waals surface area contributed by atoms with Crippen LogP contribution >= 0.6 is 11.6 Å². The van der Waals surface area contributed by atoms with Crippen molar-refractivity contribution in [1.82, 2.24) is 5.43 Å². The van der Waals surface area contributed by atoms with Gasteiger partial charge in [-0.15, -0.1) is 0 Å². The molecule has 0 aliphatic carbocycles. The third-order valence-electron chi connectivity index (χ3n) is 2.85. The number of methoxy groups -OCH3 is 1. The van der Waals surface area contributed by atoms with Crippen LogP contribution in [-0.2, 0) is 4.74 Å². The monoisotopic (exact) mass is 316 g/mol. The number of benzene rings is 2. The maximum atomic E-state index is 11.9. The van der Waals surface area contributed by atoms with Crippen LogP contribution in [0.3, 0.4) is 0 Å². The summed E-state index contributed by atoms with van der Waals surface area (Å²) in [5.74, 6) is -0.906. The van der Waals surface area contributed by atoms with Crippen molar-refractivity contribution in [3.8, 4) is 0 Å². The van der Waals surface area contributed by atoms with Crippen LogP contribution in [0.4, 0.5) is 0 Å². The summed E-state index contributed by atoms with van der Waals surface area (Å²) in [5, 5.41) is 4.18. The molecule has 0 bridgehead atoms. The molecule has 0 atom stereocenters. The molecule has 0 radical (unpaired) electrons. The number of ether oxygens (including phenoxy) is 1. The fraction of sp³-hybridized carbons (Fsp3) is 0.0625. The van der Waals surface area contributed by atoms with Crippen molar-refractivity contribution < 1.29 is 14.3 Å². The van der Waals surface area contributed by atoms with E-state index in [1.807, 2.05) is 0 Å². The van der Waals surface area contributed by atoms with Crippen molar-refractivity contribution >= 4 is 29.7 Å². The van der Waals surface area contributed by atoms with E-state index in [2.05, 4.69) is 15.3 Å². The number of amides is 1. The van der Waals surface area contributed by atoms with Crippen molar-refractivity contribution in [1.29, 1.82) is 0 Å². The molecule has 0 heterocycles. The summed E-state index contributed by atoms with van der Waals surface area (Å²) in [5.41, 5.74) is 3.59. The molecular weight excluding hydrogens is 304 g/mol. The van der Waals surface area contributed by atoms with Gasteiger partial charge in [0.2, 0.25) is 0 Å². The summed E-state index contributed by atoms with van der Waals surface area (Å²) in [6.07, 6.45) is 1.38. The number of hydrogen-bond donors (Lipinski definition) is 1. The third-order valence-corrected chi connectivity index (χ3v) is 3.18. The minimum Gasteiger partial charge on any atom is -0.465 e. The molecule has 2 aromatic rings. The third kappa shape index (κ3) is 3.71. The van der Waals surface area contributed by atoms with E-state index in [9.17, 15) is 9.59 Å². The van der Waals surface area contributed by atoms with E-state index < -0.39 is 11.9 Å². The lowest BCUT2D eigenvalue weighted by Gasteiger charge is -2.04. The Bertz CT molecular complexity index is 729. The molecular formula is C16H13ClN2O3. The first-order chi connectivity index (χ1) is 10.6. The maximum Gasteiger partial charge on any atom is 0.338 e. The number of carbonyl (C=O) groups is 2. The minimum atomic E-state index is -0.473. The van der Waals surface area contributed by atoms with Crippen LogP contribution in [-0.4, -0.2) is 25.2 Å². The van der Waals surface area contributed by atoms with Gasteiger partial charge in [-0.3, -0.25) is 4.79 Å². The molecule has 0 unspecified atom stereocenters. The first-order valence-electron chi connectivity index (χ1n) is 6.38. The zero-order valence-corrected chi connectivity index (χ0v) is 12.5. The number of halogens is 1. The highest BCUT2D eigenvalue weighted by atomic mass is 35.5. The average Bonchev–Trinajstić information content (AvgIpc) is 2.55. The van der Waals surface area contributed by atoms with Crippen molar-refractivity contribution in [3.63, 3.8) is 0 Å². The number of rotatable bonds is 4. The quantitative estimate of drug-likeness (QED) is 0.536. The van der Waals surface area contributed by atoms with Crippen molar-refractivity contribution in [2.45, 2.75) is 0 Å². The summed E-state index contributed by atoms with van der Waals surface area (Å²) < 4.78 is 4.68. The Kier molecular flexibility index (Phi) is 5.27. The average molecular weight is 317 g/mol. The Morgan fingerprint density at radius 3 is 2.41 bits per heavy atom. The van der Waals surface area contributed by atoms with E-state index in [-0.39, 0.29) is 0 Å². The van der Waals surface area contributed by atoms with Crippen LogP contribution in [0.15, 0.2) is 53.6 Å². The van der Waals surface area contributed by atoms with Crippen molar-refractivity contribution in [2.24, 2.45) is 5.10 Å². The van der Waals surface area contributed by atoms with Crippen LogP contribution in [0.5, 0.6) is 0 Å². The molecule has 2 rings (SSSR count). The molecule has 0 fully saturated rings. The standard InChI is InChI=1S/C16H13ClN2O3/c1-22-16(21)12-7-3-2-6-11(12)10-18-19-15(20)13-8-4-5-9-14(13)17/h2-10H,1H3,(H,19,20)/b18-10-. The molecule has 0 saturated carbocycles. The molecule has 112 valence electrons. The highest BCUT2D eigenvalue weighted by Gasteiger charge is 2.10. The molecule has 1 N–H and O–H groups in total. The van der Waals surface area contributed by atoms with Crippen molar-refractivity contribution in [3.05, 3.63) is 70.2 Å². The molecule has 0 aliphatic heterocycles. The number of nitrogens with zero attached hydrogens (tertiary/aromatic N) is 1. The lowest BCUT2D eigenvalue weighted by molar-refractivity contribution is 0.0600. The van der Waals surface area contributed by atoms with Gasteiger partial charge in [0.05, 0.1) is 29.5 Å². The number of nitrogens with one attached hydrogen (secondary N) is 1. The van der Waals surface area contributed by atoms with E-state index in [0.29, 0.717) is 21.7 Å². The van der Waals surface area contributed by atoms with Gasteiger partial charge >= 0.3 is 5.97 Å². The second-order valence-corrected chi connectivity index (χ2v) is 4.67. The Hall–Kier alpha value is -2.66. The Morgan fingerprint density at radius 1 is 1.09 bits per heavy atom. The highest BCUT2D eigenvalue weighted by molar-refractivity contribution is 6.33. The van der Waals surface area contributed by atoms with Crippen LogP contribution in [0.1, 0.15) is 26.3 Å². The van der Waals surface area contributed by atoms with Crippen LogP contribution < -0.4 is 5.43 Å². The predicted octanol–water partition coefficient (Wildman–Crippen LogP) is 2.89. The number of hydrazone groups is 1. The summed E-state index contributed by atoms with van der Waals surface area (Å²) in [4.78, 5) is 23.5. The SMILES string of the molecule is COC(=O)c1ccccc1/C=N\NC(=O)c1ccccc1Cl. The van der Waals surface area contributed by atoms with Gasteiger partial charge in [0.15, 0.2) is 0 Å². The van der Waals surface area contributed by atoms with Crippen LogP contribution in [0.2, 0.25) is 5.02 Å². The van der Waals surface area contributed by atoms with Gasteiger partial charge in [0.25, 0.3) is 5.91 Å². The molecule has 1 amide bonds. The topological polar surface area (TPSA) is 67.8 Å². The number of hydrogen-bond acceptors (Lipinski definition) is 4. The zero-order valence-electron chi connectivity index (χ0n) is 11.7. The zero-order chi connectivity index (χ0) is 15.9. The van der Waals surface area contributed by atoms with Gasteiger partial charge < -0.3 is 4.74 Å². The summed E-state index contributed by atoms with van der Waals surface area (Å²) >= 11 is 5.93. The molecule has 6 heteroatoms. The normalized spacial score (nSPS) is 10.5. The smallest absolute Gasteiger partial charge is 0.338 e. The molecule has 22 heavy (non-hydrogen) atoms. The van der Waals surface area contributed by atoms with E-state index in [0.717, 1.165) is 0 Å². The van der Waals surface area contributed by atoms with Gasteiger partial charge in [-0.2, -0.15) is 5.10 Å². The summed E-state index contributed by atoms with van der Waals surface area (Å²) in [7, 11) is 1.30. The first kappa shape index (κ1) is 15.7. The predicted molar refractivity (Wildman–Crippen MR) is 84.3 cm³/mol. The van der Waals surface area contributed by atoms with Crippen LogP contribution in [0, 0.1) is 0 Å². The Labute approximate surface area is 132 Å². The van der Waals surface area contributed by atoms with E-state index in [4.69, 9.17) is 11.6 Å².